The van der Waals surface area contributed by atoms with Crippen molar-refractivity contribution in [3.63, 3.8) is 0 Å². The van der Waals surface area contributed by atoms with Crippen molar-refractivity contribution in [2.75, 3.05) is 26.7 Å². The van der Waals surface area contributed by atoms with E-state index in [0.717, 1.165) is 29.8 Å². The van der Waals surface area contributed by atoms with E-state index in [9.17, 15) is 4.79 Å². The molecule has 2 aromatic heterocycles. The van der Waals surface area contributed by atoms with Crippen molar-refractivity contribution in [1.82, 2.24) is 24.3 Å². The van der Waals surface area contributed by atoms with Crippen LogP contribution < -0.4 is 4.48 Å². The molecule has 1 saturated heterocycles. The first-order valence-electron chi connectivity index (χ1n) is 9.15. The quantitative estimate of drug-likeness (QED) is 0.677. The molecule has 3 heterocycles. The molecule has 1 aliphatic rings. The minimum absolute atomic E-state index is 0.0674. The van der Waals surface area contributed by atoms with E-state index in [-0.39, 0.29) is 24.5 Å². The maximum absolute atomic E-state index is 12.3. The zero-order valence-electron chi connectivity index (χ0n) is 15.9. The molecule has 0 saturated carbocycles. The molecule has 1 amide bonds. The highest BCUT2D eigenvalue weighted by atomic mass is 16.2. The number of likely N-dealkylation sites (N-methyl/N-ethyl adjacent to an activating group) is 1. The van der Waals surface area contributed by atoms with Crippen LogP contribution in [0.3, 0.4) is 0 Å². The third kappa shape index (κ3) is 2.95. The molecule has 0 radical (unpaired) electrons. The van der Waals surface area contributed by atoms with Crippen molar-refractivity contribution in [3.8, 4) is 0 Å². The van der Waals surface area contributed by atoms with Crippen LogP contribution in [-0.2, 0) is 4.79 Å². The maximum atomic E-state index is 12.3. The van der Waals surface area contributed by atoms with Crippen LogP contribution in [0.1, 0.15) is 27.2 Å². The second kappa shape index (κ2) is 7.04. The molecule has 0 aromatic carbocycles. The number of nitrogens with one attached hydrogen (secondary N) is 1. The molecular formula is C19H27N6O+. The summed E-state index contributed by atoms with van der Waals surface area (Å²) in [4.78, 5) is 29.6. The fraction of sp³-hybridized carbons (Fsp3) is 0.579. The summed E-state index contributed by atoms with van der Waals surface area (Å²) in [5.41, 5.74) is 0.837. The van der Waals surface area contributed by atoms with Gasteiger partial charge in [0.05, 0.1) is 19.6 Å². The van der Waals surface area contributed by atoms with Gasteiger partial charge < -0.3 is 14.7 Å². The molecule has 1 fully saturated rings. The molecule has 7 nitrogen and oxygen atoms in total. The van der Waals surface area contributed by atoms with Gasteiger partial charge in [0, 0.05) is 18.7 Å². The van der Waals surface area contributed by atoms with Gasteiger partial charge in [0.15, 0.2) is 0 Å². The number of rotatable bonds is 4. The number of aromatic amines is 1. The van der Waals surface area contributed by atoms with Crippen molar-refractivity contribution in [1.29, 1.82) is 0 Å². The molecule has 0 aliphatic carbocycles. The summed E-state index contributed by atoms with van der Waals surface area (Å²) in [6.45, 7) is 15.0. The average molecular weight is 355 g/mol. The Labute approximate surface area is 154 Å². The molecule has 1 unspecified atom stereocenters. The lowest BCUT2D eigenvalue weighted by Crippen LogP contribution is -2.66. The Balaban J connectivity index is 2.04. The van der Waals surface area contributed by atoms with Crippen LogP contribution >= 0.6 is 0 Å². The highest BCUT2D eigenvalue weighted by Crippen LogP contribution is 2.37. The van der Waals surface area contributed by atoms with Gasteiger partial charge in [-0.1, -0.05) is 6.92 Å². The largest absolute Gasteiger partial charge is 0.346 e. The van der Waals surface area contributed by atoms with E-state index in [1.165, 1.54) is 0 Å². The van der Waals surface area contributed by atoms with Crippen LogP contribution in [0.25, 0.3) is 15.9 Å². The van der Waals surface area contributed by atoms with Gasteiger partial charge in [-0.05, 0) is 26.3 Å². The Bertz CT molecular complexity index is 838. The van der Waals surface area contributed by atoms with Crippen molar-refractivity contribution < 1.29 is 4.79 Å². The molecular weight excluding hydrogens is 328 g/mol. The van der Waals surface area contributed by atoms with Crippen molar-refractivity contribution in [2.45, 2.75) is 39.3 Å². The number of hydrogen-bond donors (Lipinski definition) is 1. The van der Waals surface area contributed by atoms with E-state index < -0.39 is 0 Å². The highest BCUT2D eigenvalue weighted by Gasteiger charge is 2.47. The second-order valence-corrected chi connectivity index (χ2v) is 7.67. The molecule has 0 spiro atoms. The van der Waals surface area contributed by atoms with Gasteiger partial charge in [-0.2, -0.15) is 4.98 Å². The van der Waals surface area contributed by atoms with E-state index in [2.05, 4.69) is 47.6 Å². The van der Waals surface area contributed by atoms with Crippen LogP contribution in [0.4, 0.5) is 5.82 Å². The molecule has 3 atom stereocenters. The van der Waals surface area contributed by atoms with Gasteiger partial charge in [-0.3, -0.25) is 9.28 Å². The standard InChI is InChI=1S/C19H27N6O/c1-13(2)25(5,19-15-6-8-21-18(15)22-12-23-19)16-11-24(9-7-14(16)3)17(26)10-20-4/h6,8,12-14,16H,7,9-11H2,1-3,5H3,(H,21,22,23)/q+1/t14-,16+,25?/m1/s1. The Morgan fingerprint density at radius 2 is 2.27 bits per heavy atom. The van der Waals surface area contributed by atoms with Gasteiger partial charge in [0.2, 0.25) is 5.82 Å². The van der Waals surface area contributed by atoms with Crippen LogP contribution in [0, 0.1) is 12.5 Å². The number of nitrogens with zero attached hydrogens (tertiary/aromatic N) is 5. The molecule has 2 aromatic rings. The number of fused-ring (bicyclic) bond motifs is 1. The van der Waals surface area contributed by atoms with Gasteiger partial charge in [-0.25, -0.2) is 11.6 Å². The Kier molecular flexibility index (Phi) is 4.97. The molecule has 3 rings (SSSR count). The lowest BCUT2D eigenvalue weighted by Gasteiger charge is -2.49. The third-order valence-electron chi connectivity index (χ3n) is 6.04. The number of H-pyrrole nitrogens is 1. The van der Waals surface area contributed by atoms with Crippen molar-refractivity contribution in [3.05, 3.63) is 30.0 Å². The number of hydrogen-bond acceptors (Lipinski definition) is 3. The summed E-state index contributed by atoms with van der Waals surface area (Å²) in [6, 6.07) is 2.52. The summed E-state index contributed by atoms with van der Waals surface area (Å²) in [6.07, 6.45) is 4.45. The number of amides is 1. The number of piperidine rings is 1. The zero-order chi connectivity index (χ0) is 18.9. The zero-order valence-corrected chi connectivity index (χ0v) is 15.9. The van der Waals surface area contributed by atoms with Crippen molar-refractivity contribution >= 4 is 22.8 Å². The first kappa shape index (κ1) is 18.3. The van der Waals surface area contributed by atoms with E-state index in [0.29, 0.717) is 16.9 Å². The normalized spacial score (nSPS) is 23.0. The van der Waals surface area contributed by atoms with E-state index in [1.807, 2.05) is 17.2 Å². The van der Waals surface area contributed by atoms with Crippen LogP contribution in [0.5, 0.6) is 0 Å². The SMILES string of the molecule is [C-]#[N+]CC(=O)N1CC[C@@H](C)[C@@H]([N+](C)(c2ncnc3[nH]ccc23)C(C)C)C1. The van der Waals surface area contributed by atoms with Crippen LogP contribution in [-0.4, -0.2) is 64.5 Å². The topological polar surface area (TPSA) is 66.2 Å². The minimum atomic E-state index is -0.0679. The average Bonchev–Trinajstić information content (AvgIpc) is 3.10. The Morgan fingerprint density at radius 1 is 1.50 bits per heavy atom. The fourth-order valence-corrected chi connectivity index (χ4v) is 4.17. The summed E-state index contributed by atoms with van der Waals surface area (Å²) < 4.78 is 0.639. The Hall–Kier alpha value is -2.46. The monoisotopic (exact) mass is 355 g/mol. The summed E-state index contributed by atoms with van der Waals surface area (Å²) >= 11 is 0. The smallest absolute Gasteiger partial charge is 0.302 e. The lowest BCUT2D eigenvalue weighted by molar-refractivity contribution is -0.132. The summed E-state index contributed by atoms with van der Waals surface area (Å²) in [5, 5.41) is 1.03. The number of quaternary nitrogens is 1. The molecule has 7 heteroatoms. The number of likely N-dealkylation sites (tertiary alicyclic amines) is 1. The minimum Gasteiger partial charge on any atom is -0.346 e. The second-order valence-electron chi connectivity index (χ2n) is 7.67. The summed E-state index contributed by atoms with van der Waals surface area (Å²) in [7, 11) is 2.21. The molecule has 1 aliphatic heterocycles. The first-order chi connectivity index (χ1) is 12.4. The predicted octanol–water partition coefficient (Wildman–Crippen LogP) is 2.46. The first-order valence-corrected chi connectivity index (χ1v) is 9.15. The summed E-state index contributed by atoms with van der Waals surface area (Å²) in [5.74, 6) is 1.37. The van der Waals surface area contributed by atoms with E-state index >= 15 is 0 Å². The number of carbonyl (C=O) groups excluding carboxylic acids is 1. The van der Waals surface area contributed by atoms with Crippen molar-refractivity contribution in [2.24, 2.45) is 5.92 Å². The lowest BCUT2D eigenvalue weighted by atomic mass is 9.89. The molecule has 138 valence electrons. The molecule has 0 bridgehead atoms. The molecule has 1 N–H and O–H groups in total. The van der Waals surface area contributed by atoms with Gasteiger partial charge in [0.25, 0.3) is 6.54 Å². The van der Waals surface area contributed by atoms with Gasteiger partial charge in [-0.15, -0.1) is 0 Å². The number of carbonyl (C=O) groups is 1. The predicted molar refractivity (Wildman–Crippen MR) is 102 cm³/mol. The highest BCUT2D eigenvalue weighted by molar-refractivity contribution is 5.86. The van der Waals surface area contributed by atoms with Gasteiger partial charge in [0.1, 0.15) is 23.4 Å². The Morgan fingerprint density at radius 3 is 2.96 bits per heavy atom. The van der Waals surface area contributed by atoms with E-state index in [4.69, 9.17) is 6.57 Å². The van der Waals surface area contributed by atoms with E-state index in [1.54, 1.807) is 6.33 Å². The fourth-order valence-electron chi connectivity index (χ4n) is 4.17. The molecule has 26 heavy (non-hydrogen) atoms. The van der Waals surface area contributed by atoms with Crippen LogP contribution in [0.2, 0.25) is 0 Å². The van der Waals surface area contributed by atoms with Crippen LogP contribution in [0.15, 0.2) is 18.6 Å². The van der Waals surface area contributed by atoms with Gasteiger partial charge >= 0.3 is 5.91 Å². The maximum Gasteiger partial charge on any atom is 0.302 e. The third-order valence-corrected chi connectivity index (χ3v) is 6.04. The number of aromatic nitrogens is 3.